The summed E-state index contributed by atoms with van der Waals surface area (Å²) < 4.78 is 27.2. The van der Waals surface area contributed by atoms with Gasteiger partial charge in [-0.2, -0.15) is 4.31 Å². The van der Waals surface area contributed by atoms with E-state index in [1.807, 2.05) is 39.8 Å². The molecule has 0 bridgehead atoms. The molecule has 0 radical (unpaired) electrons. The van der Waals surface area contributed by atoms with Crippen molar-refractivity contribution in [1.29, 1.82) is 0 Å². The average molecular weight is 311 g/mol. The molecule has 120 valence electrons. The molecule has 3 nitrogen and oxygen atoms in total. The van der Waals surface area contributed by atoms with Crippen molar-refractivity contribution < 1.29 is 8.42 Å². The van der Waals surface area contributed by atoms with Gasteiger partial charge in [-0.15, -0.1) is 0 Å². The molecule has 0 amide bonds. The normalized spacial score (nSPS) is 12.9. The van der Waals surface area contributed by atoms with Gasteiger partial charge in [0.2, 0.25) is 10.0 Å². The molecule has 0 heterocycles. The number of hydrogen-bond donors (Lipinski definition) is 0. The Morgan fingerprint density at radius 2 is 1.29 bits per heavy atom. The van der Waals surface area contributed by atoms with E-state index in [9.17, 15) is 8.42 Å². The quantitative estimate of drug-likeness (QED) is 0.760. The van der Waals surface area contributed by atoms with Crippen molar-refractivity contribution in [2.24, 2.45) is 11.8 Å². The second kappa shape index (κ2) is 7.41. The summed E-state index contributed by atoms with van der Waals surface area (Å²) >= 11 is 0. The molecular weight excluding hydrogens is 282 g/mol. The molecule has 4 heteroatoms. The third-order valence-corrected chi connectivity index (χ3v) is 5.17. The fourth-order valence-corrected chi connectivity index (χ4v) is 4.03. The molecule has 0 unspecified atom stereocenters. The topological polar surface area (TPSA) is 37.4 Å². The van der Waals surface area contributed by atoms with Gasteiger partial charge in [0.05, 0.1) is 4.90 Å². The molecule has 0 saturated heterocycles. The highest BCUT2D eigenvalue weighted by Gasteiger charge is 2.25. The van der Waals surface area contributed by atoms with Gasteiger partial charge >= 0.3 is 0 Å². The van der Waals surface area contributed by atoms with E-state index in [0.29, 0.717) is 35.7 Å². The summed E-state index contributed by atoms with van der Waals surface area (Å²) in [7, 11) is -3.40. The third-order valence-electron chi connectivity index (χ3n) is 3.32. The molecule has 1 aromatic rings. The Kier molecular flexibility index (Phi) is 6.41. The van der Waals surface area contributed by atoms with Crippen molar-refractivity contribution in [3.8, 4) is 0 Å². The molecule has 0 atom stereocenters. The molecule has 0 spiro atoms. The monoisotopic (exact) mass is 311 g/mol. The molecule has 0 aliphatic carbocycles. The van der Waals surface area contributed by atoms with E-state index in [4.69, 9.17) is 0 Å². The molecule has 0 aliphatic rings. The van der Waals surface area contributed by atoms with Crippen LogP contribution in [0.25, 0.3) is 0 Å². The molecule has 0 aromatic heterocycles. The second-order valence-electron chi connectivity index (χ2n) is 6.83. The first kappa shape index (κ1) is 18.2. The van der Waals surface area contributed by atoms with Gasteiger partial charge in [-0.25, -0.2) is 8.42 Å². The van der Waals surface area contributed by atoms with Crippen LogP contribution < -0.4 is 0 Å². The van der Waals surface area contributed by atoms with Crippen molar-refractivity contribution in [3.05, 3.63) is 29.8 Å². The van der Waals surface area contributed by atoms with Gasteiger partial charge in [0.25, 0.3) is 0 Å². The lowest BCUT2D eigenvalue weighted by Gasteiger charge is -2.25. The maximum Gasteiger partial charge on any atom is 0.243 e. The third kappa shape index (κ3) is 5.11. The molecule has 0 saturated carbocycles. The van der Waals surface area contributed by atoms with Crippen molar-refractivity contribution >= 4 is 10.0 Å². The van der Waals surface area contributed by atoms with Crippen LogP contribution in [0.15, 0.2) is 29.2 Å². The largest absolute Gasteiger partial charge is 0.243 e. The average Bonchev–Trinajstić information content (AvgIpc) is 2.37. The molecular formula is C17H29NO2S. The highest BCUT2D eigenvalue weighted by Crippen LogP contribution is 2.21. The predicted molar refractivity (Wildman–Crippen MR) is 89.0 cm³/mol. The summed E-state index contributed by atoms with van der Waals surface area (Å²) in [4.78, 5) is 0.396. The standard InChI is InChI=1S/C17H29NO2S/c1-13(2)11-18(12-14(3)4)21(19,20)17-9-7-16(8-10-17)15(5)6/h7-10,13-15H,11-12H2,1-6H3. The van der Waals surface area contributed by atoms with Crippen LogP contribution in [0.3, 0.4) is 0 Å². The van der Waals surface area contributed by atoms with E-state index < -0.39 is 10.0 Å². The number of benzene rings is 1. The Morgan fingerprint density at radius 3 is 1.62 bits per heavy atom. The van der Waals surface area contributed by atoms with Crippen LogP contribution in [0.2, 0.25) is 0 Å². The minimum Gasteiger partial charge on any atom is -0.207 e. The minimum atomic E-state index is -3.40. The zero-order chi connectivity index (χ0) is 16.2. The molecule has 21 heavy (non-hydrogen) atoms. The molecule has 0 N–H and O–H groups in total. The van der Waals surface area contributed by atoms with Gasteiger partial charge in [0.1, 0.15) is 0 Å². The van der Waals surface area contributed by atoms with Crippen LogP contribution >= 0.6 is 0 Å². The van der Waals surface area contributed by atoms with E-state index in [2.05, 4.69) is 13.8 Å². The van der Waals surface area contributed by atoms with E-state index >= 15 is 0 Å². The second-order valence-corrected chi connectivity index (χ2v) is 8.77. The maximum atomic E-state index is 12.8. The lowest BCUT2D eigenvalue weighted by Crippen LogP contribution is -2.37. The van der Waals surface area contributed by atoms with Gasteiger partial charge in [0, 0.05) is 13.1 Å². The molecule has 1 aromatic carbocycles. The van der Waals surface area contributed by atoms with Crippen molar-refractivity contribution in [3.63, 3.8) is 0 Å². The Morgan fingerprint density at radius 1 is 0.857 bits per heavy atom. The van der Waals surface area contributed by atoms with Crippen molar-refractivity contribution in [2.75, 3.05) is 13.1 Å². The summed E-state index contributed by atoms with van der Waals surface area (Å²) in [5, 5.41) is 0. The van der Waals surface area contributed by atoms with Crippen LogP contribution in [0.4, 0.5) is 0 Å². The maximum absolute atomic E-state index is 12.8. The zero-order valence-electron chi connectivity index (χ0n) is 14.1. The Hall–Kier alpha value is -0.870. The van der Waals surface area contributed by atoms with Crippen molar-refractivity contribution in [1.82, 2.24) is 4.31 Å². The summed E-state index contributed by atoms with van der Waals surface area (Å²) in [6.45, 7) is 13.5. The minimum absolute atomic E-state index is 0.313. The fraction of sp³-hybridized carbons (Fsp3) is 0.647. The van der Waals surface area contributed by atoms with Gasteiger partial charge in [-0.05, 0) is 35.4 Å². The summed E-state index contributed by atoms with van der Waals surface area (Å²) in [5.74, 6) is 1.03. The molecule has 0 fully saturated rings. The SMILES string of the molecule is CC(C)CN(CC(C)C)S(=O)(=O)c1ccc(C(C)C)cc1. The first-order chi connectivity index (χ1) is 9.64. The number of nitrogens with zero attached hydrogens (tertiary/aromatic N) is 1. The first-order valence-corrected chi connectivity index (χ1v) is 9.18. The molecule has 0 aliphatic heterocycles. The van der Waals surface area contributed by atoms with Crippen LogP contribution in [0.5, 0.6) is 0 Å². The van der Waals surface area contributed by atoms with Gasteiger partial charge in [-0.1, -0.05) is 53.7 Å². The predicted octanol–water partition coefficient (Wildman–Crippen LogP) is 4.11. The van der Waals surface area contributed by atoms with E-state index in [-0.39, 0.29) is 0 Å². The van der Waals surface area contributed by atoms with Gasteiger partial charge < -0.3 is 0 Å². The summed E-state index contributed by atoms with van der Waals surface area (Å²) in [6.07, 6.45) is 0. The Labute approximate surface area is 130 Å². The Balaban J connectivity index is 3.09. The number of rotatable bonds is 7. The number of sulfonamides is 1. The highest BCUT2D eigenvalue weighted by molar-refractivity contribution is 7.89. The van der Waals surface area contributed by atoms with Gasteiger partial charge in [-0.3, -0.25) is 0 Å². The van der Waals surface area contributed by atoms with E-state index in [0.717, 1.165) is 5.56 Å². The van der Waals surface area contributed by atoms with Crippen molar-refractivity contribution in [2.45, 2.75) is 52.4 Å². The van der Waals surface area contributed by atoms with E-state index in [1.165, 1.54) is 0 Å². The van der Waals surface area contributed by atoms with Gasteiger partial charge in [0.15, 0.2) is 0 Å². The first-order valence-electron chi connectivity index (χ1n) is 7.74. The van der Waals surface area contributed by atoms with Crippen LogP contribution in [-0.2, 0) is 10.0 Å². The number of hydrogen-bond acceptors (Lipinski definition) is 2. The molecule has 1 rings (SSSR count). The van der Waals surface area contributed by atoms with Crippen LogP contribution in [0.1, 0.15) is 53.0 Å². The Bertz CT molecular complexity index is 520. The summed E-state index contributed by atoms with van der Waals surface area (Å²) in [5.41, 5.74) is 1.16. The lowest BCUT2D eigenvalue weighted by molar-refractivity contribution is 0.333. The lowest BCUT2D eigenvalue weighted by atomic mass is 10.0. The fourth-order valence-electron chi connectivity index (χ4n) is 2.26. The highest BCUT2D eigenvalue weighted by atomic mass is 32.2. The van der Waals surface area contributed by atoms with E-state index in [1.54, 1.807) is 16.4 Å². The van der Waals surface area contributed by atoms with Crippen LogP contribution in [-0.4, -0.2) is 25.8 Å². The zero-order valence-corrected chi connectivity index (χ0v) is 14.9. The summed E-state index contributed by atoms with van der Waals surface area (Å²) in [6, 6.07) is 7.30. The smallest absolute Gasteiger partial charge is 0.207 e. The van der Waals surface area contributed by atoms with Crippen LogP contribution in [0, 0.1) is 11.8 Å².